The van der Waals surface area contributed by atoms with Crippen LogP contribution in [0.25, 0.3) is 0 Å². The smallest absolute Gasteiger partial charge is 0.139 e. The van der Waals surface area contributed by atoms with Gasteiger partial charge in [-0.1, -0.05) is 0 Å². The van der Waals surface area contributed by atoms with Crippen LogP contribution in [0.15, 0.2) is 0 Å². The summed E-state index contributed by atoms with van der Waals surface area (Å²) in [6.45, 7) is 7.39. The minimum absolute atomic E-state index is 0.250. The molecule has 19 heavy (non-hydrogen) atoms. The average Bonchev–Trinajstić information content (AvgIpc) is 2.38. The summed E-state index contributed by atoms with van der Waals surface area (Å²) in [4.78, 5) is 2.38. The fourth-order valence-electron chi connectivity index (χ4n) is 1.23. The Bertz CT molecular complexity index is 172. The van der Waals surface area contributed by atoms with Crippen molar-refractivity contribution in [1.82, 2.24) is 10.2 Å². The molecule has 1 heterocycles. The van der Waals surface area contributed by atoms with Crippen LogP contribution in [0.3, 0.4) is 0 Å². The predicted molar refractivity (Wildman–Crippen MR) is 76.2 cm³/mol. The van der Waals surface area contributed by atoms with E-state index < -0.39 is 12.4 Å². The monoisotopic (exact) mass is 281 g/mol. The molecular formula is C11H31N5O3. The molecule has 0 aromatic carbocycles. The van der Waals surface area contributed by atoms with E-state index in [1.807, 2.05) is 0 Å². The molecule has 118 valence electrons. The number of nitrogens with two attached hydrogens (primary N) is 3. The molecule has 0 atom stereocenters. The van der Waals surface area contributed by atoms with Gasteiger partial charge in [-0.2, -0.15) is 0 Å². The van der Waals surface area contributed by atoms with E-state index in [1.165, 1.54) is 0 Å². The second kappa shape index (κ2) is 14.1. The van der Waals surface area contributed by atoms with Crippen molar-refractivity contribution in [2.24, 2.45) is 17.2 Å². The van der Waals surface area contributed by atoms with Gasteiger partial charge in [0.25, 0.3) is 0 Å². The Labute approximate surface area is 115 Å². The minimum atomic E-state index is -1.40. The van der Waals surface area contributed by atoms with Gasteiger partial charge in [0.05, 0.1) is 6.61 Å². The largest absolute Gasteiger partial charge is 0.397 e. The molecule has 0 unspecified atom stereocenters. The lowest BCUT2D eigenvalue weighted by molar-refractivity contribution is 0.205. The summed E-state index contributed by atoms with van der Waals surface area (Å²) in [6, 6.07) is 0. The van der Waals surface area contributed by atoms with Crippen LogP contribution in [0, 0.1) is 0 Å². The zero-order valence-corrected chi connectivity index (χ0v) is 11.9. The van der Waals surface area contributed by atoms with Crippen molar-refractivity contribution in [1.29, 1.82) is 0 Å². The van der Waals surface area contributed by atoms with Crippen LogP contribution < -0.4 is 22.5 Å². The lowest BCUT2D eigenvalue weighted by Crippen LogP contribution is -2.60. The number of hydrogen-bond acceptors (Lipinski definition) is 8. The van der Waals surface area contributed by atoms with Gasteiger partial charge < -0.3 is 25.5 Å². The third-order valence-electron chi connectivity index (χ3n) is 2.12. The molecule has 0 amide bonds. The first-order chi connectivity index (χ1) is 8.91. The van der Waals surface area contributed by atoms with Crippen molar-refractivity contribution in [3.63, 3.8) is 0 Å². The molecule has 1 aliphatic rings. The second-order valence-electron chi connectivity index (χ2n) is 4.26. The molecule has 0 aliphatic carbocycles. The van der Waals surface area contributed by atoms with Gasteiger partial charge in [-0.15, -0.1) is 0 Å². The summed E-state index contributed by atoms with van der Waals surface area (Å²) in [5, 5.41) is 27.4. The third kappa shape index (κ3) is 20.2. The van der Waals surface area contributed by atoms with E-state index in [-0.39, 0.29) is 6.61 Å². The highest BCUT2D eigenvalue weighted by Crippen LogP contribution is 1.92. The second-order valence-corrected chi connectivity index (χ2v) is 4.26. The molecule has 8 heteroatoms. The predicted octanol–water partition coefficient (Wildman–Crippen LogP) is -3.22. The van der Waals surface area contributed by atoms with Gasteiger partial charge in [0.2, 0.25) is 0 Å². The maximum atomic E-state index is 8.55. The van der Waals surface area contributed by atoms with E-state index in [0.29, 0.717) is 6.61 Å². The quantitative estimate of drug-likeness (QED) is 0.266. The van der Waals surface area contributed by atoms with Crippen molar-refractivity contribution >= 4 is 0 Å². The molecule has 10 N–H and O–H groups in total. The van der Waals surface area contributed by atoms with Gasteiger partial charge in [-0.05, 0) is 13.3 Å². The Morgan fingerprint density at radius 3 is 1.84 bits per heavy atom. The molecule has 1 aliphatic heterocycles. The molecule has 0 aromatic rings. The minimum Gasteiger partial charge on any atom is -0.397 e. The van der Waals surface area contributed by atoms with E-state index in [9.17, 15) is 0 Å². The molecular weight excluding hydrogens is 250 g/mol. The van der Waals surface area contributed by atoms with E-state index in [1.54, 1.807) is 6.92 Å². The average molecular weight is 281 g/mol. The number of aliphatic hydroxyl groups excluding tert-OH is 3. The van der Waals surface area contributed by atoms with Crippen LogP contribution in [0.5, 0.6) is 0 Å². The molecule has 0 aromatic heterocycles. The van der Waals surface area contributed by atoms with E-state index in [0.717, 1.165) is 39.1 Å². The Kier molecular flexibility index (Phi) is 15.6. The highest BCUT2D eigenvalue weighted by atomic mass is 16.3. The maximum Gasteiger partial charge on any atom is 0.139 e. The van der Waals surface area contributed by atoms with E-state index in [4.69, 9.17) is 32.5 Å². The number of piperazine rings is 1. The van der Waals surface area contributed by atoms with Gasteiger partial charge in [0, 0.05) is 45.9 Å². The molecule has 0 bridgehead atoms. The first-order valence-electron chi connectivity index (χ1n) is 6.53. The molecule has 8 nitrogen and oxygen atoms in total. The zero-order chi connectivity index (χ0) is 15.1. The summed E-state index contributed by atoms with van der Waals surface area (Å²) in [5.74, 6) is -1.40. The van der Waals surface area contributed by atoms with Crippen molar-refractivity contribution < 1.29 is 15.3 Å². The SMILES string of the molecule is CCO.NC(N)(N)CO.OCCCN1CCNCC1. The highest BCUT2D eigenvalue weighted by Gasteiger charge is 2.07. The van der Waals surface area contributed by atoms with Crippen LogP contribution in [0.4, 0.5) is 0 Å². The molecule has 0 spiro atoms. The highest BCUT2D eigenvalue weighted by molar-refractivity contribution is 4.66. The standard InChI is InChI=1S/C7H16N2O.C2H9N3O.C2H6O/c10-7-1-4-9-5-2-8-3-6-9;3-2(4,5)1-6;1-2-3/h8,10H,1-7H2;6H,1,3-5H2;3H,2H2,1H3. The van der Waals surface area contributed by atoms with Gasteiger partial charge >= 0.3 is 0 Å². The van der Waals surface area contributed by atoms with Crippen LogP contribution in [0.2, 0.25) is 0 Å². The lowest BCUT2D eigenvalue weighted by Gasteiger charge is -2.26. The zero-order valence-electron chi connectivity index (χ0n) is 11.9. The van der Waals surface area contributed by atoms with Crippen LogP contribution in [-0.2, 0) is 0 Å². The van der Waals surface area contributed by atoms with Crippen molar-refractivity contribution in [3.05, 3.63) is 0 Å². The van der Waals surface area contributed by atoms with Crippen molar-refractivity contribution in [2.75, 3.05) is 52.5 Å². The Morgan fingerprint density at radius 2 is 1.53 bits per heavy atom. The fraction of sp³-hybridized carbons (Fsp3) is 1.00. The van der Waals surface area contributed by atoms with E-state index >= 15 is 0 Å². The summed E-state index contributed by atoms with van der Waals surface area (Å²) < 4.78 is 0. The van der Waals surface area contributed by atoms with Crippen molar-refractivity contribution in [3.8, 4) is 0 Å². The molecule has 0 radical (unpaired) electrons. The first-order valence-corrected chi connectivity index (χ1v) is 6.53. The van der Waals surface area contributed by atoms with E-state index in [2.05, 4.69) is 10.2 Å². The van der Waals surface area contributed by atoms with Gasteiger partial charge in [-0.3, -0.25) is 17.2 Å². The fourth-order valence-corrected chi connectivity index (χ4v) is 1.23. The summed E-state index contributed by atoms with van der Waals surface area (Å²) in [6.07, 6.45) is 0.917. The molecule has 1 fully saturated rings. The van der Waals surface area contributed by atoms with Crippen LogP contribution in [0.1, 0.15) is 13.3 Å². The summed E-state index contributed by atoms with van der Waals surface area (Å²) >= 11 is 0. The van der Waals surface area contributed by atoms with Crippen molar-refractivity contribution in [2.45, 2.75) is 19.1 Å². The third-order valence-corrected chi connectivity index (χ3v) is 2.12. The van der Waals surface area contributed by atoms with Crippen LogP contribution in [-0.4, -0.2) is 78.6 Å². The number of hydrogen-bond donors (Lipinski definition) is 7. The molecule has 1 saturated heterocycles. The lowest BCUT2D eigenvalue weighted by atomic mass is 10.3. The number of nitrogens with one attached hydrogen (secondary N) is 1. The van der Waals surface area contributed by atoms with Gasteiger partial charge in [0.1, 0.15) is 5.79 Å². The Morgan fingerprint density at radius 1 is 1.11 bits per heavy atom. The summed E-state index contributed by atoms with van der Waals surface area (Å²) in [7, 11) is 0. The maximum absolute atomic E-state index is 8.55. The van der Waals surface area contributed by atoms with Gasteiger partial charge in [0.15, 0.2) is 0 Å². The number of nitrogens with zero attached hydrogens (tertiary/aromatic N) is 1. The number of rotatable bonds is 4. The molecule has 0 saturated carbocycles. The van der Waals surface area contributed by atoms with Crippen LogP contribution >= 0.6 is 0 Å². The topological polar surface area (TPSA) is 154 Å². The Hall–Kier alpha value is -0.320. The Balaban J connectivity index is 0. The normalized spacial score (nSPS) is 15.9. The number of aliphatic hydroxyl groups is 3. The van der Waals surface area contributed by atoms with Gasteiger partial charge in [-0.25, -0.2) is 0 Å². The first kappa shape index (κ1) is 21.0. The molecule has 1 rings (SSSR count). The summed E-state index contributed by atoms with van der Waals surface area (Å²) in [5.41, 5.74) is 14.5.